The molecule has 108 valence electrons. The van der Waals surface area contributed by atoms with Crippen LogP contribution in [0.25, 0.3) is 10.9 Å². The number of amides is 1. The molecule has 0 atom stereocenters. The molecule has 0 unspecified atom stereocenters. The number of carbonyl (C=O) groups excluding carboxylic acids is 1. The Morgan fingerprint density at radius 3 is 2.86 bits per heavy atom. The minimum atomic E-state index is -0.336. The van der Waals surface area contributed by atoms with Crippen LogP contribution in [-0.4, -0.2) is 17.4 Å². The van der Waals surface area contributed by atoms with Crippen LogP contribution < -0.4 is 5.32 Å². The lowest BCUT2D eigenvalue weighted by atomic mass is 10.2. The van der Waals surface area contributed by atoms with Crippen molar-refractivity contribution in [3.63, 3.8) is 0 Å². The zero-order valence-corrected chi connectivity index (χ0v) is 11.8. The van der Waals surface area contributed by atoms with Gasteiger partial charge in [-0.15, -0.1) is 0 Å². The zero-order chi connectivity index (χ0) is 15.1. The second kappa shape index (κ2) is 7.24. The quantitative estimate of drug-likeness (QED) is 0.807. The number of benzene rings is 1. The third-order valence-electron chi connectivity index (χ3n) is 2.90. The molecule has 1 heterocycles. The maximum atomic E-state index is 13.5. The predicted octanol–water partition coefficient (Wildman–Crippen LogP) is 3.73. The third kappa shape index (κ3) is 3.92. The zero-order valence-electron chi connectivity index (χ0n) is 11.8. The molecule has 4 heteroatoms. The minimum absolute atomic E-state index is 0.257. The fourth-order valence-corrected chi connectivity index (χ4v) is 1.87. The molecule has 0 saturated carbocycles. The highest BCUT2D eigenvalue weighted by Gasteiger charge is 2.10. The van der Waals surface area contributed by atoms with Gasteiger partial charge in [-0.25, -0.2) is 4.39 Å². The summed E-state index contributed by atoms with van der Waals surface area (Å²) < 4.78 is 13.5. The first-order valence-corrected chi connectivity index (χ1v) is 6.72. The number of fused-ring (bicyclic) bond motifs is 1. The van der Waals surface area contributed by atoms with Gasteiger partial charge in [0, 0.05) is 17.4 Å². The number of halogens is 1. The van der Waals surface area contributed by atoms with Crippen molar-refractivity contribution in [1.29, 1.82) is 0 Å². The fraction of sp³-hybridized carbons (Fsp3) is 0.118. The van der Waals surface area contributed by atoms with Crippen LogP contribution in [0.3, 0.4) is 0 Å². The van der Waals surface area contributed by atoms with Gasteiger partial charge in [0.2, 0.25) is 0 Å². The highest BCUT2D eigenvalue weighted by Crippen LogP contribution is 2.18. The van der Waals surface area contributed by atoms with Crippen LogP contribution in [0.4, 0.5) is 4.39 Å². The highest BCUT2D eigenvalue weighted by atomic mass is 19.1. The van der Waals surface area contributed by atoms with Crippen LogP contribution >= 0.6 is 0 Å². The molecule has 21 heavy (non-hydrogen) atoms. The van der Waals surface area contributed by atoms with E-state index >= 15 is 0 Å². The van der Waals surface area contributed by atoms with E-state index in [1.165, 1.54) is 12.1 Å². The Bertz CT molecular complexity index is 711. The number of H-pyrrole nitrogens is 1. The highest BCUT2D eigenvalue weighted by molar-refractivity contribution is 5.98. The monoisotopic (exact) mass is 284 g/mol. The molecule has 1 amide bonds. The first-order chi connectivity index (χ1) is 10.2. The summed E-state index contributed by atoms with van der Waals surface area (Å²) in [6.45, 7) is 2.36. The molecule has 2 N–H and O–H groups in total. The van der Waals surface area contributed by atoms with Gasteiger partial charge in [-0.3, -0.25) is 4.79 Å². The van der Waals surface area contributed by atoms with Gasteiger partial charge in [0.15, 0.2) is 0 Å². The van der Waals surface area contributed by atoms with E-state index in [0.717, 1.165) is 0 Å². The van der Waals surface area contributed by atoms with Crippen LogP contribution in [0, 0.1) is 5.82 Å². The number of carbonyl (C=O) groups is 1. The standard InChI is InChI=1S/C17H17FN2O/c1-2-3-4-5-6-7-11-19-17(21)16-12-13-14(18)9-8-10-15(13)20-16/h2-10,12,20H,11H2,1H3,(H,19,21)/b3-2-,5-4-,7-6+. The van der Waals surface area contributed by atoms with E-state index in [0.29, 0.717) is 23.1 Å². The van der Waals surface area contributed by atoms with Gasteiger partial charge >= 0.3 is 0 Å². The molecule has 3 nitrogen and oxygen atoms in total. The fourth-order valence-electron chi connectivity index (χ4n) is 1.87. The smallest absolute Gasteiger partial charge is 0.267 e. The van der Waals surface area contributed by atoms with Gasteiger partial charge in [0.25, 0.3) is 5.91 Å². The van der Waals surface area contributed by atoms with Gasteiger partial charge in [-0.05, 0) is 25.1 Å². The number of hydrogen-bond donors (Lipinski definition) is 2. The molecule has 2 aromatic rings. The number of aromatic amines is 1. The van der Waals surface area contributed by atoms with Crippen LogP contribution in [0.2, 0.25) is 0 Å². The first kappa shape index (κ1) is 14.8. The average molecular weight is 284 g/mol. The number of nitrogens with one attached hydrogen (secondary N) is 2. The van der Waals surface area contributed by atoms with E-state index in [4.69, 9.17) is 0 Å². The molecular weight excluding hydrogens is 267 g/mol. The van der Waals surface area contributed by atoms with E-state index < -0.39 is 0 Å². The molecular formula is C17H17FN2O. The second-order valence-electron chi connectivity index (χ2n) is 4.43. The summed E-state index contributed by atoms with van der Waals surface area (Å²) in [5.74, 6) is -0.593. The Hall–Kier alpha value is -2.62. The molecule has 0 spiro atoms. The molecule has 2 rings (SSSR count). The van der Waals surface area contributed by atoms with Gasteiger partial charge in [0.1, 0.15) is 11.5 Å². The number of rotatable bonds is 5. The molecule has 0 aliphatic heterocycles. The van der Waals surface area contributed by atoms with Crippen molar-refractivity contribution in [2.75, 3.05) is 6.54 Å². The number of hydrogen-bond acceptors (Lipinski definition) is 1. The van der Waals surface area contributed by atoms with Crippen LogP contribution in [0.15, 0.2) is 60.7 Å². The van der Waals surface area contributed by atoms with E-state index in [2.05, 4.69) is 10.3 Å². The van der Waals surface area contributed by atoms with Gasteiger partial charge in [-0.1, -0.05) is 42.5 Å². The number of allylic oxidation sites excluding steroid dienone is 5. The summed E-state index contributed by atoms with van der Waals surface area (Å²) in [7, 11) is 0. The van der Waals surface area contributed by atoms with Gasteiger partial charge in [0.05, 0.1) is 0 Å². The Morgan fingerprint density at radius 1 is 1.29 bits per heavy atom. The maximum absolute atomic E-state index is 13.5. The van der Waals surface area contributed by atoms with Crippen molar-refractivity contribution in [1.82, 2.24) is 10.3 Å². The Balaban J connectivity index is 1.95. The van der Waals surface area contributed by atoms with E-state index in [-0.39, 0.29) is 11.7 Å². The van der Waals surface area contributed by atoms with Crippen LogP contribution in [-0.2, 0) is 0 Å². The van der Waals surface area contributed by atoms with Gasteiger partial charge < -0.3 is 10.3 Å². The summed E-state index contributed by atoms with van der Waals surface area (Å²) in [5.41, 5.74) is 0.970. The van der Waals surface area contributed by atoms with Crippen molar-refractivity contribution in [3.8, 4) is 0 Å². The van der Waals surface area contributed by atoms with Crippen LogP contribution in [0.1, 0.15) is 17.4 Å². The van der Waals surface area contributed by atoms with Crippen molar-refractivity contribution in [2.24, 2.45) is 0 Å². The summed E-state index contributed by atoms with van der Waals surface area (Å²) in [4.78, 5) is 14.8. The first-order valence-electron chi connectivity index (χ1n) is 6.72. The molecule has 0 aliphatic carbocycles. The normalized spacial score (nSPS) is 12.1. The van der Waals surface area contributed by atoms with Gasteiger partial charge in [-0.2, -0.15) is 0 Å². The summed E-state index contributed by atoms with van der Waals surface area (Å²) in [6.07, 6.45) is 11.3. The third-order valence-corrected chi connectivity index (χ3v) is 2.90. The Morgan fingerprint density at radius 2 is 2.10 bits per heavy atom. The molecule has 1 aromatic heterocycles. The van der Waals surface area contributed by atoms with E-state index in [1.54, 1.807) is 12.1 Å². The topological polar surface area (TPSA) is 44.9 Å². The summed E-state index contributed by atoms with van der Waals surface area (Å²) >= 11 is 0. The SMILES string of the molecule is C\C=C/C=C\C=C\CNC(=O)c1cc2c(F)cccc2[nH]1. The summed E-state index contributed by atoms with van der Waals surface area (Å²) in [5, 5.41) is 3.16. The second-order valence-corrected chi connectivity index (χ2v) is 4.43. The molecule has 0 radical (unpaired) electrons. The number of aromatic nitrogens is 1. The predicted molar refractivity (Wildman–Crippen MR) is 83.7 cm³/mol. The van der Waals surface area contributed by atoms with E-state index in [9.17, 15) is 9.18 Å². The lowest BCUT2D eigenvalue weighted by Crippen LogP contribution is -2.23. The Labute approximate surface area is 122 Å². The van der Waals surface area contributed by atoms with Crippen molar-refractivity contribution >= 4 is 16.8 Å². The largest absolute Gasteiger partial charge is 0.350 e. The lowest BCUT2D eigenvalue weighted by molar-refractivity contribution is 0.0954. The molecule has 0 saturated heterocycles. The van der Waals surface area contributed by atoms with Crippen molar-refractivity contribution in [2.45, 2.75) is 6.92 Å². The van der Waals surface area contributed by atoms with Crippen molar-refractivity contribution < 1.29 is 9.18 Å². The Kier molecular flexibility index (Phi) is 5.10. The van der Waals surface area contributed by atoms with Crippen molar-refractivity contribution in [3.05, 3.63) is 72.2 Å². The molecule has 0 fully saturated rings. The molecule has 1 aromatic carbocycles. The summed E-state index contributed by atoms with van der Waals surface area (Å²) in [6, 6.07) is 6.24. The minimum Gasteiger partial charge on any atom is -0.350 e. The van der Waals surface area contributed by atoms with Crippen LogP contribution in [0.5, 0.6) is 0 Å². The molecule has 0 aliphatic rings. The lowest BCUT2D eigenvalue weighted by Gasteiger charge is -1.98. The average Bonchev–Trinajstić information content (AvgIpc) is 2.92. The molecule has 0 bridgehead atoms. The maximum Gasteiger partial charge on any atom is 0.267 e. The van der Waals surface area contributed by atoms with E-state index in [1.807, 2.05) is 43.4 Å².